The van der Waals surface area contributed by atoms with E-state index < -0.39 is 0 Å². The Kier molecular flexibility index (Phi) is 4.77. The van der Waals surface area contributed by atoms with Crippen molar-refractivity contribution < 1.29 is 9.79 Å². The van der Waals surface area contributed by atoms with Gasteiger partial charge in [-0.1, -0.05) is 59.8 Å². The van der Waals surface area contributed by atoms with Gasteiger partial charge in [-0.3, -0.25) is 0 Å². The van der Waals surface area contributed by atoms with E-state index in [1.807, 2.05) is 22.9 Å². The number of anilines is 1. The van der Waals surface area contributed by atoms with Crippen molar-refractivity contribution in [1.82, 2.24) is 10.1 Å². The molecule has 0 N–H and O–H groups in total. The van der Waals surface area contributed by atoms with Crippen LogP contribution in [0.1, 0.15) is 44.4 Å². The second kappa shape index (κ2) is 7.38. The molecular formula is C25H26N4OS. The van der Waals surface area contributed by atoms with Gasteiger partial charge in [0.2, 0.25) is 0 Å². The van der Waals surface area contributed by atoms with Gasteiger partial charge in [0.25, 0.3) is 17.5 Å². The Balaban J connectivity index is 1.62. The summed E-state index contributed by atoms with van der Waals surface area (Å²) in [6.07, 6.45) is 3.23. The summed E-state index contributed by atoms with van der Waals surface area (Å²) in [6, 6.07) is 14.6. The van der Waals surface area contributed by atoms with Crippen molar-refractivity contribution in [3.8, 4) is 17.1 Å². The van der Waals surface area contributed by atoms with Crippen LogP contribution in [0.15, 0.2) is 53.7 Å². The van der Waals surface area contributed by atoms with Gasteiger partial charge in [-0.15, -0.1) is 0 Å². The molecule has 3 aromatic rings. The minimum absolute atomic E-state index is 0.171. The van der Waals surface area contributed by atoms with Crippen molar-refractivity contribution in [3.05, 3.63) is 65.2 Å². The third kappa shape index (κ3) is 3.39. The van der Waals surface area contributed by atoms with Gasteiger partial charge in [0, 0.05) is 16.4 Å². The predicted molar refractivity (Wildman–Crippen MR) is 123 cm³/mol. The SMILES string of the molecule is CCc1cc2c3c(c1)-c1c([O-])nc(SCc4ccccc4)n[n+]1CN3C(C)(C)C=C2C. The molecule has 0 unspecified atom stereocenters. The summed E-state index contributed by atoms with van der Waals surface area (Å²) in [4.78, 5) is 6.71. The number of hydrogen-bond donors (Lipinski definition) is 0. The first-order valence-electron chi connectivity index (χ1n) is 10.7. The van der Waals surface area contributed by atoms with Crippen LogP contribution in [0, 0.1) is 0 Å². The molecule has 6 heteroatoms. The van der Waals surface area contributed by atoms with E-state index in [0.29, 0.717) is 17.5 Å². The van der Waals surface area contributed by atoms with E-state index in [2.05, 4.69) is 67.9 Å². The summed E-state index contributed by atoms with van der Waals surface area (Å²) < 4.78 is 1.85. The molecule has 2 aliphatic heterocycles. The fourth-order valence-corrected chi connectivity index (χ4v) is 5.39. The molecule has 2 aliphatic rings. The summed E-state index contributed by atoms with van der Waals surface area (Å²) in [5.41, 5.74) is 7.38. The summed E-state index contributed by atoms with van der Waals surface area (Å²) in [6.45, 7) is 9.27. The van der Waals surface area contributed by atoms with Gasteiger partial charge in [0.05, 0.1) is 22.7 Å². The summed E-state index contributed by atoms with van der Waals surface area (Å²) in [7, 11) is 0. The van der Waals surface area contributed by atoms with Gasteiger partial charge in [-0.05, 0) is 56.0 Å². The molecule has 5 rings (SSSR count). The fraction of sp³-hybridized carbons (Fsp3) is 0.320. The number of benzene rings is 2. The first-order chi connectivity index (χ1) is 14.9. The first kappa shape index (κ1) is 20.1. The molecule has 0 atom stereocenters. The molecule has 3 heterocycles. The van der Waals surface area contributed by atoms with Crippen LogP contribution in [-0.2, 0) is 18.8 Å². The lowest BCUT2D eigenvalue weighted by molar-refractivity contribution is -0.750. The average Bonchev–Trinajstić information content (AvgIpc) is 2.75. The summed E-state index contributed by atoms with van der Waals surface area (Å²) in [5, 5.41) is 18.5. The highest BCUT2D eigenvalue weighted by Crippen LogP contribution is 2.47. The van der Waals surface area contributed by atoms with Crippen LogP contribution in [0.25, 0.3) is 16.8 Å². The van der Waals surface area contributed by atoms with E-state index in [1.165, 1.54) is 34.0 Å². The number of rotatable bonds is 4. The van der Waals surface area contributed by atoms with Crippen LogP contribution in [0.2, 0.25) is 0 Å². The Morgan fingerprint density at radius 2 is 1.87 bits per heavy atom. The van der Waals surface area contributed by atoms with E-state index in [4.69, 9.17) is 5.10 Å². The number of nitrogens with zero attached hydrogens (tertiary/aromatic N) is 4. The number of thioether (sulfide) groups is 1. The maximum absolute atomic E-state index is 13.2. The first-order valence-corrected chi connectivity index (χ1v) is 11.7. The van der Waals surface area contributed by atoms with Gasteiger partial charge in [-0.25, -0.2) is 4.98 Å². The van der Waals surface area contributed by atoms with Gasteiger partial charge in [-0.2, -0.15) is 0 Å². The molecule has 0 spiro atoms. The van der Waals surface area contributed by atoms with Crippen LogP contribution < -0.4 is 14.7 Å². The Morgan fingerprint density at radius 3 is 2.61 bits per heavy atom. The van der Waals surface area contributed by atoms with Crippen molar-refractivity contribution in [3.63, 3.8) is 0 Å². The lowest BCUT2D eigenvalue weighted by atomic mass is 9.84. The molecule has 1 aromatic heterocycles. The highest BCUT2D eigenvalue weighted by atomic mass is 32.2. The van der Waals surface area contributed by atoms with E-state index in [1.54, 1.807) is 0 Å². The molecule has 0 fully saturated rings. The van der Waals surface area contributed by atoms with Crippen LogP contribution >= 0.6 is 11.8 Å². The standard InChI is InChI=1S/C25H26N4OS/c1-5-17-11-19-16(2)13-25(3,4)28-15-29-22(20(12-17)21(19)28)23(30)26-24(27-29)31-14-18-9-7-6-8-10-18/h6-13H,5,14-15H2,1-4H3. The van der Waals surface area contributed by atoms with E-state index in [0.717, 1.165) is 23.4 Å². The number of allylic oxidation sites excluding steroid dienone is 1. The zero-order valence-corrected chi connectivity index (χ0v) is 19.2. The zero-order valence-electron chi connectivity index (χ0n) is 18.3. The van der Waals surface area contributed by atoms with E-state index in [-0.39, 0.29) is 11.4 Å². The quantitative estimate of drug-likeness (QED) is 0.455. The maximum atomic E-state index is 13.2. The molecule has 0 radical (unpaired) electrons. The molecule has 2 aromatic carbocycles. The van der Waals surface area contributed by atoms with Gasteiger partial charge < -0.3 is 10.0 Å². The minimum atomic E-state index is -0.203. The Morgan fingerprint density at radius 1 is 1.13 bits per heavy atom. The lowest BCUT2D eigenvalue weighted by Crippen LogP contribution is -2.59. The predicted octanol–water partition coefficient (Wildman–Crippen LogP) is 4.33. The third-order valence-electron chi connectivity index (χ3n) is 6.14. The molecule has 0 aliphatic carbocycles. The van der Waals surface area contributed by atoms with Crippen LogP contribution in [0.5, 0.6) is 5.88 Å². The molecule has 5 nitrogen and oxygen atoms in total. The lowest BCUT2D eigenvalue weighted by Gasteiger charge is -2.43. The monoisotopic (exact) mass is 430 g/mol. The van der Waals surface area contributed by atoms with Gasteiger partial charge >= 0.3 is 0 Å². The highest BCUT2D eigenvalue weighted by Gasteiger charge is 2.42. The van der Waals surface area contributed by atoms with Crippen LogP contribution in [-0.4, -0.2) is 15.6 Å². The number of hydrogen-bond acceptors (Lipinski definition) is 5. The van der Waals surface area contributed by atoms with E-state index in [9.17, 15) is 5.11 Å². The zero-order chi connectivity index (χ0) is 21.8. The highest BCUT2D eigenvalue weighted by molar-refractivity contribution is 7.98. The van der Waals surface area contributed by atoms with Crippen molar-refractivity contribution in [2.24, 2.45) is 0 Å². The Hall–Kier alpha value is -2.86. The average molecular weight is 431 g/mol. The second-order valence-corrected chi connectivity index (χ2v) is 9.71. The molecule has 0 amide bonds. The van der Waals surface area contributed by atoms with Gasteiger partial charge in [0.1, 0.15) is 0 Å². The number of fused-ring (bicyclic) bond motifs is 2. The molecule has 31 heavy (non-hydrogen) atoms. The Labute approximate surface area is 187 Å². The summed E-state index contributed by atoms with van der Waals surface area (Å²) in [5.74, 6) is 0.531. The second-order valence-electron chi connectivity index (χ2n) is 8.77. The maximum Gasteiger partial charge on any atom is 0.254 e. The van der Waals surface area contributed by atoms with Crippen molar-refractivity contribution >= 4 is 23.0 Å². The van der Waals surface area contributed by atoms with Gasteiger partial charge in [0.15, 0.2) is 0 Å². The molecule has 0 saturated carbocycles. The van der Waals surface area contributed by atoms with Crippen LogP contribution in [0.4, 0.5) is 5.69 Å². The molecule has 0 bridgehead atoms. The molecule has 0 saturated heterocycles. The molecular weight excluding hydrogens is 404 g/mol. The smallest absolute Gasteiger partial charge is 0.254 e. The minimum Gasteiger partial charge on any atom is -0.854 e. The largest absolute Gasteiger partial charge is 0.854 e. The normalized spacial score (nSPS) is 15.9. The van der Waals surface area contributed by atoms with E-state index >= 15 is 0 Å². The topological polar surface area (TPSA) is 56.0 Å². The fourth-order valence-electron chi connectivity index (χ4n) is 4.60. The van der Waals surface area contributed by atoms with Crippen LogP contribution in [0.3, 0.4) is 0 Å². The Bertz CT molecular complexity index is 1200. The number of aromatic nitrogens is 3. The van der Waals surface area contributed by atoms with Crippen molar-refractivity contribution in [2.75, 3.05) is 4.90 Å². The third-order valence-corrected chi connectivity index (χ3v) is 7.05. The van der Waals surface area contributed by atoms with Crippen molar-refractivity contribution in [2.45, 2.75) is 57.2 Å². The van der Waals surface area contributed by atoms with Crippen molar-refractivity contribution in [1.29, 1.82) is 0 Å². The molecule has 158 valence electrons. The number of aryl methyl sites for hydroxylation is 1. The summed E-state index contributed by atoms with van der Waals surface area (Å²) >= 11 is 1.50.